The minimum atomic E-state index is -1.45. The Kier molecular flexibility index (Phi) is 7.52. The van der Waals surface area contributed by atoms with Crippen molar-refractivity contribution in [3.63, 3.8) is 0 Å². The lowest BCUT2D eigenvalue weighted by Gasteiger charge is -2.26. The maximum absolute atomic E-state index is 12.4. The van der Waals surface area contributed by atoms with Crippen LogP contribution in [0, 0.1) is 0 Å². The average molecular weight is 385 g/mol. The molecule has 28 heavy (non-hydrogen) atoms. The molecule has 0 bridgehead atoms. The number of aliphatic hydroxyl groups excluding tert-OH is 1. The molecule has 7 nitrogen and oxygen atoms in total. The Hall–Kier alpha value is -2.93. The molecule has 150 valence electrons. The second kappa shape index (κ2) is 9.85. The number of carbonyl (C=O) groups excluding carboxylic acids is 2. The molecular weight excluding hydrogens is 358 g/mol. The van der Waals surface area contributed by atoms with Gasteiger partial charge in [0.2, 0.25) is 0 Å². The Bertz CT molecular complexity index is 760. The summed E-state index contributed by atoms with van der Waals surface area (Å²) in [6, 6.07) is 13.8. The molecule has 2 aromatic rings. The van der Waals surface area contributed by atoms with E-state index in [2.05, 4.69) is 15.6 Å². The zero-order valence-electron chi connectivity index (χ0n) is 16.4. The van der Waals surface area contributed by atoms with E-state index in [0.717, 1.165) is 5.56 Å². The molecule has 3 N–H and O–H groups in total. The highest BCUT2D eigenvalue weighted by Gasteiger charge is 2.29. The van der Waals surface area contributed by atoms with Gasteiger partial charge in [-0.2, -0.15) is 0 Å². The molecule has 0 spiro atoms. The smallest absolute Gasteiger partial charge is 0.407 e. The zero-order valence-corrected chi connectivity index (χ0v) is 16.4. The van der Waals surface area contributed by atoms with Gasteiger partial charge in [0.25, 0.3) is 5.91 Å². The van der Waals surface area contributed by atoms with Crippen molar-refractivity contribution in [1.82, 2.24) is 15.6 Å². The first kappa shape index (κ1) is 21.4. The van der Waals surface area contributed by atoms with Gasteiger partial charge in [-0.25, -0.2) is 4.79 Å². The van der Waals surface area contributed by atoms with Crippen molar-refractivity contribution in [2.24, 2.45) is 0 Å². The van der Waals surface area contributed by atoms with Crippen molar-refractivity contribution in [2.75, 3.05) is 0 Å². The maximum atomic E-state index is 12.4. The Morgan fingerprint density at radius 3 is 2.39 bits per heavy atom. The number of carbonyl (C=O) groups is 2. The van der Waals surface area contributed by atoms with Crippen molar-refractivity contribution in [2.45, 2.75) is 51.5 Å². The number of benzene rings is 1. The predicted molar refractivity (Wildman–Crippen MR) is 105 cm³/mol. The largest absolute Gasteiger partial charge is 0.444 e. The fourth-order valence-electron chi connectivity index (χ4n) is 2.54. The van der Waals surface area contributed by atoms with E-state index in [-0.39, 0.29) is 13.0 Å². The number of nitrogens with one attached hydrogen (secondary N) is 2. The summed E-state index contributed by atoms with van der Waals surface area (Å²) in [5.41, 5.74) is 0.857. The molecule has 1 aromatic carbocycles. The van der Waals surface area contributed by atoms with Gasteiger partial charge in [0, 0.05) is 6.20 Å². The first-order valence-electron chi connectivity index (χ1n) is 9.14. The monoisotopic (exact) mass is 385 g/mol. The topological polar surface area (TPSA) is 101 Å². The van der Waals surface area contributed by atoms with Gasteiger partial charge in [0.15, 0.2) is 6.10 Å². The predicted octanol–water partition coefficient (Wildman–Crippen LogP) is 2.19. The summed E-state index contributed by atoms with van der Waals surface area (Å²) in [5, 5.41) is 15.8. The summed E-state index contributed by atoms with van der Waals surface area (Å²) in [4.78, 5) is 28.7. The molecule has 2 amide bonds. The van der Waals surface area contributed by atoms with Crippen molar-refractivity contribution in [3.8, 4) is 0 Å². The summed E-state index contributed by atoms with van der Waals surface area (Å²) in [6.45, 7) is 5.42. The van der Waals surface area contributed by atoms with E-state index in [9.17, 15) is 14.7 Å². The van der Waals surface area contributed by atoms with Crippen molar-refractivity contribution in [1.29, 1.82) is 0 Å². The lowest BCUT2D eigenvalue weighted by atomic mass is 10.0. The van der Waals surface area contributed by atoms with Gasteiger partial charge < -0.3 is 20.5 Å². The summed E-state index contributed by atoms with van der Waals surface area (Å²) in [5.74, 6) is -0.595. The Labute approximate surface area is 165 Å². The standard InChI is InChI=1S/C21H27N3O4/c1-21(2,3)28-20(27)24-17(13-15-9-5-4-6-10-15)18(25)19(26)23-14-16-11-7-8-12-22-16/h4-12,17-18,25H,13-14H2,1-3H3,(H,23,26)(H,24,27)/t17-,18?/m0/s1. The highest BCUT2D eigenvalue weighted by molar-refractivity contribution is 5.82. The molecule has 0 aliphatic rings. The van der Waals surface area contributed by atoms with Gasteiger partial charge in [-0.1, -0.05) is 36.4 Å². The Morgan fingerprint density at radius 1 is 1.11 bits per heavy atom. The highest BCUT2D eigenvalue weighted by Crippen LogP contribution is 2.10. The second-order valence-corrected chi connectivity index (χ2v) is 7.43. The molecular formula is C21H27N3O4. The summed E-state index contributed by atoms with van der Waals surface area (Å²) in [6.07, 6.45) is -0.236. The number of aliphatic hydroxyl groups is 1. The SMILES string of the molecule is CC(C)(C)OC(=O)N[C@@H](Cc1ccccc1)C(O)C(=O)NCc1ccccn1. The highest BCUT2D eigenvalue weighted by atomic mass is 16.6. The van der Waals surface area contributed by atoms with Crippen molar-refractivity contribution < 1.29 is 19.4 Å². The lowest BCUT2D eigenvalue weighted by molar-refractivity contribution is -0.130. The van der Waals surface area contributed by atoms with E-state index in [1.54, 1.807) is 39.1 Å². The summed E-state index contributed by atoms with van der Waals surface area (Å²) in [7, 11) is 0. The zero-order chi connectivity index (χ0) is 20.6. The minimum absolute atomic E-state index is 0.182. The summed E-state index contributed by atoms with van der Waals surface area (Å²) < 4.78 is 5.26. The first-order valence-corrected chi connectivity index (χ1v) is 9.14. The quantitative estimate of drug-likeness (QED) is 0.678. The molecule has 1 unspecified atom stereocenters. The average Bonchev–Trinajstić information content (AvgIpc) is 2.65. The van der Waals surface area contributed by atoms with Gasteiger partial charge in [0.05, 0.1) is 18.3 Å². The van der Waals surface area contributed by atoms with Crippen LogP contribution in [0.3, 0.4) is 0 Å². The van der Waals surface area contributed by atoms with Gasteiger partial charge in [-0.05, 0) is 44.9 Å². The molecule has 0 saturated carbocycles. The number of pyridine rings is 1. The van der Waals surface area contributed by atoms with Crippen LogP contribution in [0.4, 0.5) is 4.79 Å². The molecule has 1 heterocycles. The van der Waals surface area contributed by atoms with Crippen LogP contribution in [-0.4, -0.2) is 39.8 Å². The second-order valence-electron chi connectivity index (χ2n) is 7.43. The number of aromatic nitrogens is 1. The van der Waals surface area contributed by atoms with Crippen molar-refractivity contribution >= 4 is 12.0 Å². The fraction of sp³-hybridized carbons (Fsp3) is 0.381. The number of hydrogen-bond donors (Lipinski definition) is 3. The van der Waals surface area contributed by atoms with E-state index in [1.165, 1.54) is 0 Å². The third kappa shape index (κ3) is 7.36. The molecule has 0 saturated heterocycles. The van der Waals surface area contributed by atoms with E-state index in [0.29, 0.717) is 5.69 Å². The molecule has 0 aliphatic heterocycles. The number of alkyl carbamates (subject to hydrolysis) is 1. The molecule has 2 rings (SSSR count). The molecule has 2 atom stereocenters. The van der Waals surface area contributed by atoms with Crippen LogP contribution in [0.25, 0.3) is 0 Å². The van der Waals surface area contributed by atoms with Crippen LogP contribution in [0.15, 0.2) is 54.7 Å². The maximum Gasteiger partial charge on any atom is 0.407 e. The minimum Gasteiger partial charge on any atom is -0.444 e. The van der Waals surface area contributed by atoms with E-state index < -0.39 is 29.7 Å². The van der Waals surface area contributed by atoms with Crippen LogP contribution in [-0.2, 0) is 22.5 Å². The van der Waals surface area contributed by atoms with Gasteiger partial charge in [-0.15, -0.1) is 0 Å². The Morgan fingerprint density at radius 2 is 1.79 bits per heavy atom. The van der Waals surface area contributed by atoms with Gasteiger partial charge in [-0.3, -0.25) is 9.78 Å². The number of amides is 2. The first-order chi connectivity index (χ1) is 13.2. The van der Waals surface area contributed by atoms with Crippen LogP contribution in [0.5, 0.6) is 0 Å². The van der Waals surface area contributed by atoms with E-state index in [1.807, 2.05) is 36.4 Å². The third-order valence-electron chi connectivity index (χ3n) is 3.82. The lowest BCUT2D eigenvalue weighted by Crippen LogP contribution is -2.52. The number of hydrogen-bond acceptors (Lipinski definition) is 5. The third-order valence-corrected chi connectivity index (χ3v) is 3.82. The number of rotatable bonds is 7. The molecule has 7 heteroatoms. The normalized spacial score (nSPS) is 13.3. The van der Waals surface area contributed by atoms with Crippen LogP contribution >= 0.6 is 0 Å². The van der Waals surface area contributed by atoms with Crippen LogP contribution in [0.2, 0.25) is 0 Å². The van der Waals surface area contributed by atoms with Crippen LogP contribution in [0.1, 0.15) is 32.0 Å². The van der Waals surface area contributed by atoms with E-state index >= 15 is 0 Å². The number of nitrogens with zero attached hydrogens (tertiary/aromatic N) is 1. The molecule has 1 aromatic heterocycles. The van der Waals surface area contributed by atoms with Crippen molar-refractivity contribution in [3.05, 3.63) is 66.0 Å². The molecule has 0 fully saturated rings. The summed E-state index contributed by atoms with van der Waals surface area (Å²) >= 11 is 0. The van der Waals surface area contributed by atoms with Gasteiger partial charge in [0.1, 0.15) is 5.60 Å². The fourth-order valence-corrected chi connectivity index (χ4v) is 2.54. The van der Waals surface area contributed by atoms with Crippen LogP contribution < -0.4 is 10.6 Å². The Balaban J connectivity index is 2.05. The van der Waals surface area contributed by atoms with E-state index in [4.69, 9.17) is 4.74 Å². The molecule has 0 radical (unpaired) electrons. The van der Waals surface area contributed by atoms with Gasteiger partial charge >= 0.3 is 6.09 Å². The number of ether oxygens (including phenoxy) is 1. The molecule has 0 aliphatic carbocycles.